The largest absolute Gasteiger partial charge is 0.394 e. The second-order valence-corrected chi connectivity index (χ2v) is 18.2. The van der Waals surface area contributed by atoms with Crippen molar-refractivity contribution in [3.8, 4) is 0 Å². The fraction of sp³-hybridized carbons (Fsp3) is 0.818. The first-order valence-corrected chi connectivity index (χ1v) is 24.9. The number of hydroxylamine groups is 2. The molecule has 4 fully saturated rings. The molecule has 33 nitrogen and oxygen atoms in total. The number of ether oxygens (including phenoxy) is 6. The zero-order valence-corrected chi connectivity index (χ0v) is 41.7. The first-order valence-electron chi connectivity index (χ1n) is 24.9. The Labute approximate surface area is 438 Å². The minimum Gasteiger partial charge on any atom is -0.394 e. The average Bonchev–Trinajstić information content (AvgIpc) is 3.72. The van der Waals surface area contributed by atoms with Crippen molar-refractivity contribution in [2.45, 2.75) is 168 Å². The molecule has 0 unspecified atom stereocenters. The van der Waals surface area contributed by atoms with Gasteiger partial charge < -0.3 is 121 Å². The van der Waals surface area contributed by atoms with Crippen LogP contribution in [0.15, 0.2) is 0 Å². The third-order valence-corrected chi connectivity index (χ3v) is 12.5. The number of unbranched alkanes of at least 4 members (excludes halogenated alkanes) is 1. The number of nitrogens with one attached hydrogen (secondary N) is 5. The van der Waals surface area contributed by atoms with E-state index in [1.807, 2.05) is 0 Å². The molecule has 440 valence electrons. The fourth-order valence-corrected chi connectivity index (χ4v) is 8.00. The Balaban J connectivity index is 1.36. The summed E-state index contributed by atoms with van der Waals surface area (Å²) < 4.78 is 32.0. The molecule has 0 radical (unpaired) electrons. The van der Waals surface area contributed by atoms with Crippen LogP contribution in [0, 0.1) is 0 Å². The maximum atomic E-state index is 13.5. The molecule has 0 saturated carbocycles. The molecule has 4 saturated heterocycles. The van der Waals surface area contributed by atoms with Gasteiger partial charge in [0.1, 0.15) is 85.3 Å². The van der Waals surface area contributed by atoms with Crippen molar-refractivity contribution < 1.29 is 133 Å². The molecule has 0 aromatic carbocycles. The van der Waals surface area contributed by atoms with Crippen LogP contribution in [0.5, 0.6) is 0 Å². The molecule has 17 N–H and O–H groups in total. The summed E-state index contributed by atoms with van der Waals surface area (Å²) in [6.07, 6.45) is -26.2. The Morgan fingerprint density at radius 1 is 0.481 bits per heavy atom. The van der Waals surface area contributed by atoms with Gasteiger partial charge in [-0.05, 0) is 25.7 Å². The van der Waals surface area contributed by atoms with E-state index in [2.05, 4.69) is 26.6 Å². The molecule has 0 spiro atoms. The lowest BCUT2D eigenvalue weighted by Crippen LogP contribution is -2.59. The first kappa shape index (κ1) is 64.8. The second kappa shape index (κ2) is 32.3. The number of hydrogen-bond acceptors (Lipinski definition) is 27. The smallest absolute Gasteiger partial charge is 0.333 e. The molecular formula is C44H72N6O27. The van der Waals surface area contributed by atoms with E-state index in [0.717, 1.165) is 0 Å². The zero-order valence-electron chi connectivity index (χ0n) is 41.7. The Morgan fingerprint density at radius 2 is 0.831 bits per heavy atom. The van der Waals surface area contributed by atoms with Crippen LogP contribution >= 0.6 is 0 Å². The van der Waals surface area contributed by atoms with Crippen LogP contribution in [0.25, 0.3) is 0 Å². The molecule has 7 amide bonds. The number of nitrogens with zero attached hydrogens (tertiary/aromatic N) is 1. The van der Waals surface area contributed by atoms with Gasteiger partial charge in [-0.2, -0.15) is 0 Å². The van der Waals surface area contributed by atoms with Crippen molar-refractivity contribution in [3.05, 3.63) is 0 Å². The summed E-state index contributed by atoms with van der Waals surface area (Å²) in [7, 11) is 0. The van der Waals surface area contributed by atoms with E-state index in [0.29, 0.717) is 5.06 Å². The first-order chi connectivity index (χ1) is 36.6. The number of carbonyl (C=O) groups excluding carboxylic acids is 8. The Morgan fingerprint density at radius 3 is 1.22 bits per heavy atom. The van der Waals surface area contributed by atoms with Gasteiger partial charge in [-0.1, -0.05) is 0 Å². The molecular weight excluding hydrogens is 1040 g/mol. The van der Waals surface area contributed by atoms with Crippen LogP contribution in [0.4, 0.5) is 0 Å². The summed E-state index contributed by atoms with van der Waals surface area (Å²) in [5.74, 6) is -6.29. The van der Waals surface area contributed by atoms with E-state index in [9.17, 15) is 99.6 Å². The van der Waals surface area contributed by atoms with E-state index in [4.69, 9.17) is 33.3 Å². The molecule has 33 heteroatoms. The summed E-state index contributed by atoms with van der Waals surface area (Å²) >= 11 is 0. The van der Waals surface area contributed by atoms with Gasteiger partial charge in [-0.25, -0.2) is 4.79 Å². The van der Waals surface area contributed by atoms with Gasteiger partial charge in [-0.15, -0.1) is 5.06 Å². The van der Waals surface area contributed by atoms with E-state index in [-0.39, 0.29) is 77.8 Å². The quantitative estimate of drug-likeness (QED) is 0.0226. The highest BCUT2D eigenvalue weighted by Gasteiger charge is 2.46. The molecule has 0 aliphatic carbocycles. The van der Waals surface area contributed by atoms with Crippen molar-refractivity contribution in [3.63, 3.8) is 0 Å². The molecule has 4 heterocycles. The average molecular weight is 1120 g/mol. The molecule has 0 bridgehead atoms. The van der Waals surface area contributed by atoms with Gasteiger partial charge in [0.05, 0.1) is 39.6 Å². The van der Waals surface area contributed by atoms with Gasteiger partial charge >= 0.3 is 5.97 Å². The highest BCUT2D eigenvalue weighted by Crippen LogP contribution is 2.24. The second-order valence-electron chi connectivity index (χ2n) is 18.2. The van der Waals surface area contributed by atoms with Crippen LogP contribution in [-0.4, -0.2) is 277 Å². The molecule has 0 aromatic heterocycles. The number of aliphatic hydroxyl groups excluding tert-OH is 12. The van der Waals surface area contributed by atoms with Crippen LogP contribution in [0.1, 0.15) is 64.2 Å². The van der Waals surface area contributed by atoms with Gasteiger partial charge in [0.15, 0.2) is 18.9 Å². The Kier molecular flexibility index (Phi) is 27.2. The minimum atomic E-state index is -1.75. The molecule has 4 aliphatic rings. The monoisotopic (exact) mass is 1120 g/mol. The number of aliphatic hydroxyl groups is 12. The van der Waals surface area contributed by atoms with Gasteiger partial charge in [0.2, 0.25) is 29.5 Å². The Hall–Kier alpha value is -4.76. The normalized spacial score (nSPS) is 31.2. The maximum Gasteiger partial charge on any atom is 0.333 e. The summed E-state index contributed by atoms with van der Waals surface area (Å²) in [5, 5.41) is 132. The molecule has 17 atom stereocenters. The predicted molar refractivity (Wildman–Crippen MR) is 246 cm³/mol. The molecule has 4 rings (SSSR count). The summed E-state index contributed by atoms with van der Waals surface area (Å²) in [5.41, 5.74) is 0. The lowest BCUT2D eigenvalue weighted by Gasteiger charge is -2.39. The summed E-state index contributed by atoms with van der Waals surface area (Å²) in [4.78, 5) is 107. The third-order valence-electron chi connectivity index (χ3n) is 12.5. The van der Waals surface area contributed by atoms with E-state index >= 15 is 0 Å². The van der Waals surface area contributed by atoms with Gasteiger partial charge in [0, 0.05) is 58.2 Å². The number of hydrogen-bond donors (Lipinski definition) is 17. The SMILES string of the molecule is O=C(CC[C@H](NC(=O)CC[C@H](NC(=O)CCCCC(=O)ON1C(=O)CCC1=O)C(=O)NCCO[C@H]1O[C@H](CO)[C@@H](O)[C@H](O)[C@@H]1O)C(=O)NCCO[C@H]1O[C@H](CO)[C@@H](O)[C@H](O)[C@@H]1O)NCCO[C@H]1O[C@H](CO)[C@@H](O)[C@H](O)[C@@H]1O. The number of imide groups is 1. The highest BCUT2D eigenvalue weighted by molar-refractivity contribution is 6.01. The zero-order chi connectivity index (χ0) is 56.9. The molecule has 77 heavy (non-hydrogen) atoms. The summed E-state index contributed by atoms with van der Waals surface area (Å²) in [6.45, 7) is -4.12. The van der Waals surface area contributed by atoms with E-state index in [1.165, 1.54) is 0 Å². The lowest BCUT2D eigenvalue weighted by molar-refractivity contribution is -0.300. The third kappa shape index (κ3) is 19.5. The molecule has 0 aromatic rings. The standard InChI is InChI=1S/C44H72N6O27/c51-17-22-31(60)34(63)37(66)42(74-22)71-14-11-45-25(54)7-5-20(40(69)46-12-15-72-43-38(67)35(64)32(61)23(18-52)75-43)49-27(56)8-6-21(41(70)47-13-16-73-44-39(68)36(65)33(62)24(19-53)76-44)48-26(55)3-1-2-4-30(59)77-50-28(57)9-10-29(50)58/h20-24,31-39,42-44,51-53,60-68H,1-19H2,(H,45,54)(H,46,69)(H,47,70)(H,48,55)(H,49,56)/t20-,21-,22+,23+,24+,31+,32+,33+,34-,35-,36-,37-,38-,39-,42-,43-,44-/m0/s1. The lowest BCUT2D eigenvalue weighted by atomic mass is 9.99. The van der Waals surface area contributed by atoms with Crippen molar-refractivity contribution in [1.29, 1.82) is 0 Å². The Bertz CT molecular complexity index is 1920. The predicted octanol–water partition coefficient (Wildman–Crippen LogP) is -10.5. The van der Waals surface area contributed by atoms with Crippen molar-refractivity contribution in [2.75, 3.05) is 59.3 Å². The number of rotatable bonds is 31. The van der Waals surface area contributed by atoms with E-state index < -0.39 is 197 Å². The van der Waals surface area contributed by atoms with E-state index in [1.54, 1.807) is 0 Å². The van der Waals surface area contributed by atoms with Crippen molar-refractivity contribution in [2.24, 2.45) is 0 Å². The van der Waals surface area contributed by atoms with Crippen LogP contribution < -0.4 is 26.6 Å². The van der Waals surface area contributed by atoms with Crippen LogP contribution in [0.3, 0.4) is 0 Å². The van der Waals surface area contributed by atoms with Crippen LogP contribution in [-0.2, 0) is 71.6 Å². The number of amides is 7. The van der Waals surface area contributed by atoms with Crippen molar-refractivity contribution >= 4 is 47.3 Å². The summed E-state index contributed by atoms with van der Waals surface area (Å²) in [6, 6.07) is -2.93. The minimum absolute atomic E-state index is 0.0494. The molecule has 4 aliphatic heterocycles. The van der Waals surface area contributed by atoms with Crippen LogP contribution in [0.2, 0.25) is 0 Å². The van der Waals surface area contributed by atoms with Gasteiger partial charge in [-0.3, -0.25) is 33.6 Å². The van der Waals surface area contributed by atoms with Gasteiger partial charge in [0.25, 0.3) is 11.8 Å². The number of carbonyl (C=O) groups is 8. The topological polar surface area (TPSA) is 507 Å². The fourth-order valence-electron chi connectivity index (χ4n) is 8.00. The highest BCUT2D eigenvalue weighted by atomic mass is 16.7. The van der Waals surface area contributed by atoms with Crippen molar-refractivity contribution in [1.82, 2.24) is 31.6 Å². The maximum absolute atomic E-state index is 13.5.